The van der Waals surface area contributed by atoms with Crippen molar-refractivity contribution in [2.45, 2.75) is 39.0 Å². The summed E-state index contributed by atoms with van der Waals surface area (Å²) in [5.41, 5.74) is 4.31. The molecule has 0 aliphatic carbocycles. The molecule has 9 nitrogen and oxygen atoms in total. The molecule has 0 spiro atoms. The minimum Gasteiger partial charge on any atom is -0.447 e. The Bertz CT molecular complexity index is 1350. The van der Waals surface area contributed by atoms with Crippen LogP contribution in [0.2, 0.25) is 0 Å². The molecule has 0 saturated carbocycles. The maximum Gasteiger partial charge on any atom is 0.416 e. The molecule has 1 fully saturated rings. The number of halogens is 2. The number of nitrogens with zero attached hydrogens (tertiary/aromatic N) is 4. The largest absolute Gasteiger partial charge is 0.447 e. The van der Waals surface area contributed by atoms with Gasteiger partial charge >= 0.3 is 6.09 Å². The monoisotopic (exact) mass is 616 g/mol. The van der Waals surface area contributed by atoms with Crippen LogP contribution in [0.4, 0.5) is 26.6 Å². The second-order valence-corrected chi connectivity index (χ2v) is 9.77. The summed E-state index contributed by atoms with van der Waals surface area (Å²) in [6.45, 7) is 8.75. The number of ether oxygens (including phenoxy) is 1. The number of carbonyl (C=O) groups excluding carboxylic acids is 2. The predicted octanol–water partition coefficient (Wildman–Crippen LogP) is 5.43. The fraction of sp³-hybridized carbons (Fsp3) is 0.269. The summed E-state index contributed by atoms with van der Waals surface area (Å²) in [5.74, 6) is 0.262. The average Bonchev–Trinajstić information content (AvgIpc) is 3.27. The van der Waals surface area contributed by atoms with Gasteiger partial charge in [-0.15, -0.1) is 0 Å². The number of amides is 2. The van der Waals surface area contributed by atoms with E-state index in [1.54, 1.807) is 12.3 Å². The molecule has 3 atom stereocenters. The third-order valence-corrected chi connectivity index (χ3v) is 6.90. The molecule has 3 aromatic rings. The van der Waals surface area contributed by atoms with E-state index >= 15 is 0 Å². The number of carbonyl (C=O) groups is 2. The minimum absolute atomic E-state index is 0.0301. The van der Waals surface area contributed by atoms with Crippen molar-refractivity contribution in [3.63, 3.8) is 0 Å². The molecule has 0 unspecified atom stereocenters. The van der Waals surface area contributed by atoms with E-state index in [0.717, 1.165) is 26.0 Å². The molecule has 1 aromatic carbocycles. The lowest BCUT2D eigenvalue weighted by Crippen LogP contribution is -2.39. The Labute approximate surface area is 227 Å². The maximum atomic E-state index is 14.0. The number of hydrogen-bond acceptors (Lipinski definition) is 7. The zero-order valence-corrected chi connectivity index (χ0v) is 22.7. The first-order valence-corrected chi connectivity index (χ1v) is 12.6. The van der Waals surface area contributed by atoms with E-state index in [1.807, 2.05) is 38.1 Å². The van der Waals surface area contributed by atoms with Crippen molar-refractivity contribution >= 4 is 52.0 Å². The maximum absolute atomic E-state index is 14.0. The van der Waals surface area contributed by atoms with Gasteiger partial charge in [0.1, 0.15) is 24.6 Å². The van der Waals surface area contributed by atoms with E-state index in [0.29, 0.717) is 5.69 Å². The molecule has 0 bridgehead atoms. The summed E-state index contributed by atoms with van der Waals surface area (Å²) in [5, 5.41) is 5.98. The zero-order valence-electron chi connectivity index (χ0n) is 20.5. The van der Waals surface area contributed by atoms with Gasteiger partial charge < -0.3 is 15.4 Å². The van der Waals surface area contributed by atoms with Crippen LogP contribution in [-0.2, 0) is 9.53 Å². The van der Waals surface area contributed by atoms with Gasteiger partial charge in [-0.3, -0.25) is 14.7 Å². The van der Waals surface area contributed by atoms with E-state index in [2.05, 4.69) is 54.8 Å². The van der Waals surface area contributed by atoms with E-state index in [1.165, 1.54) is 24.1 Å². The van der Waals surface area contributed by atoms with Crippen LogP contribution in [0.1, 0.15) is 31.1 Å². The number of pyridine rings is 1. The Balaban J connectivity index is 1.54. The molecule has 3 heterocycles. The Morgan fingerprint density at radius 3 is 2.76 bits per heavy atom. The van der Waals surface area contributed by atoms with Crippen molar-refractivity contribution in [3.8, 4) is 11.1 Å². The molecular formula is C26H26FIN6O3. The number of alkyl halides is 1. The van der Waals surface area contributed by atoms with Gasteiger partial charge in [-0.05, 0) is 90.9 Å². The summed E-state index contributed by atoms with van der Waals surface area (Å²) in [6.07, 6.45) is 2.62. The second kappa shape index (κ2) is 11.2. The van der Waals surface area contributed by atoms with Crippen LogP contribution in [0.3, 0.4) is 0 Å². The predicted molar refractivity (Wildman–Crippen MR) is 148 cm³/mol. The van der Waals surface area contributed by atoms with Gasteiger partial charge in [0.05, 0.1) is 11.7 Å². The quantitative estimate of drug-likeness (QED) is 0.257. The molecular weight excluding hydrogens is 590 g/mol. The number of hydrogen-bond donors (Lipinski definition) is 2. The molecule has 1 saturated heterocycles. The van der Waals surface area contributed by atoms with Gasteiger partial charge in [-0.2, -0.15) is 4.98 Å². The van der Waals surface area contributed by atoms with E-state index in [-0.39, 0.29) is 30.3 Å². The van der Waals surface area contributed by atoms with Crippen molar-refractivity contribution in [1.29, 1.82) is 0 Å². The van der Waals surface area contributed by atoms with Crippen LogP contribution in [0.5, 0.6) is 0 Å². The molecule has 11 heteroatoms. The molecule has 37 heavy (non-hydrogen) atoms. The van der Waals surface area contributed by atoms with Crippen molar-refractivity contribution in [2.24, 2.45) is 0 Å². The highest BCUT2D eigenvalue weighted by atomic mass is 127. The highest BCUT2D eigenvalue weighted by Crippen LogP contribution is 2.32. The number of nitrogens with one attached hydrogen (secondary N) is 2. The first-order valence-electron chi connectivity index (χ1n) is 11.6. The number of anilines is 3. The first-order chi connectivity index (χ1) is 17.7. The number of benzene rings is 1. The highest BCUT2D eigenvalue weighted by molar-refractivity contribution is 14.1. The number of aryl methyl sites for hydroxylation is 1. The van der Waals surface area contributed by atoms with Crippen molar-refractivity contribution in [1.82, 2.24) is 15.0 Å². The summed E-state index contributed by atoms with van der Waals surface area (Å²) in [6, 6.07) is 8.19. The van der Waals surface area contributed by atoms with E-state index < -0.39 is 18.3 Å². The Morgan fingerprint density at radius 2 is 2.05 bits per heavy atom. The molecule has 4 rings (SSSR count). The van der Waals surface area contributed by atoms with Crippen LogP contribution < -0.4 is 15.5 Å². The SMILES string of the molecule is C=CC(=O)Nc1ccc(I)c(-c2cnc([C@H](C)Nc3nccc(N4C(=O)OC[C@@H]4[C@H](C)F)n3)cc2C)c1. The fourth-order valence-electron chi connectivity index (χ4n) is 3.96. The van der Waals surface area contributed by atoms with Crippen molar-refractivity contribution in [3.05, 3.63) is 70.2 Å². The Kier molecular flexibility index (Phi) is 8.00. The van der Waals surface area contributed by atoms with Crippen molar-refractivity contribution < 1.29 is 18.7 Å². The normalized spacial score (nSPS) is 16.6. The Morgan fingerprint density at radius 1 is 1.27 bits per heavy atom. The molecule has 2 aromatic heterocycles. The number of aromatic nitrogens is 3. The van der Waals surface area contributed by atoms with Crippen molar-refractivity contribution in [2.75, 3.05) is 22.1 Å². The molecule has 1 aliphatic heterocycles. The molecule has 1 aliphatic rings. The third kappa shape index (κ3) is 5.87. The van der Waals surface area contributed by atoms with Gasteiger partial charge in [0.15, 0.2) is 0 Å². The van der Waals surface area contributed by atoms with Gasteiger partial charge in [-0.1, -0.05) is 6.58 Å². The lowest BCUT2D eigenvalue weighted by atomic mass is 10.0. The number of cyclic esters (lactones) is 1. The first kappa shape index (κ1) is 26.5. The smallest absolute Gasteiger partial charge is 0.416 e. The molecule has 0 radical (unpaired) electrons. The lowest BCUT2D eigenvalue weighted by molar-refractivity contribution is -0.111. The summed E-state index contributed by atoms with van der Waals surface area (Å²) in [4.78, 5) is 38.4. The third-order valence-electron chi connectivity index (χ3n) is 5.95. The van der Waals surface area contributed by atoms with E-state index in [9.17, 15) is 14.0 Å². The number of rotatable bonds is 8. The van der Waals surface area contributed by atoms with Gasteiger partial charge in [0, 0.05) is 27.2 Å². The molecule has 2 amide bonds. The summed E-state index contributed by atoms with van der Waals surface area (Å²) in [7, 11) is 0. The average molecular weight is 616 g/mol. The van der Waals surface area contributed by atoms with Crippen LogP contribution in [-0.4, -0.2) is 45.8 Å². The minimum atomic E-state index is -1.27. The van der Waals surface area contributed by atoms with Gasteiger partial charge in [0.2, 0.25) is 11.9 Å². The lowest BCUT2D eigenvalue weighted by Gasteiger charge is -2.22. The second-order valence-electron chi connectivity index (χ2n) is 8.61. The zero-order chi connectivity index (χ0) is 26.7. The summed E-state index contributed by atoms with van der Waals surface area (Å²) >= 11 is 2.25. The van der Waals surface area contributed by atoms with Gasteiger partial charge in [-0.25, -0.2) is 14.2 Å². The van der Waals surface area contributed by atoms with Gasteiger partial charge in [0.25, 0.3) is 0 Å². The highest BCUT2D eigenvalue weighted by Gasteiger charge is 2.39. The van der Waals surface area contributed by atoms with Crippen LogP contribution in [0, 0.1) is 10.5 Å². The molecule has 192 valence electrons. The topological polar surface area (TPSA) is 109 Å². The van der Waals surface area contributed by atoms with Crippen LogP contribution in [0.15, 0.2) is 55.4 Å². The van der Waals surface area contributed by atoms with Crippen LogP contribution in [0.25, 0.3) is 11.1 Å². The van der Waals surface area contributed by atoms with E-state index in [4.69, 9.17) is 4.74 Å². The molecule has 2 N–H and O–H groups in total. The van der Waals surface area contributed by atoms with Crippen LogP contribution >= 0.6 is 22.6 Å². The summed E-state index contributed by atoms with van der Waals surface area (Å²) < 4.78 is 20.0. The Hall–Kier alpha value is -3.61. The standard InChI is InChI=1S/C26H26FIN6O3/c1-5-24(35)32-17-6-7-20(28)18(11-17)19-12-30-21(10-14(19)2)16(4)31-25-29-9-8-23(33-25)34-22(15(3)27)13-37-26(34)36/h5-12,15-16,22H,1,13H2,2-4H3,(H,32,35)(H,29,31,33)/t15-,16-,22+/m0/s1. The fourth-order valence-corrected chi connectivity index (χ4v) is 4.58.